The summed E-state index contributed by atoms with van der Waals surface area (Å²) >= 11 is 1.72. The molecule has 1 saturated heterocycles. The summed E-state index contributed by atoms with van der Waals surface area (Å²) in [6.07, 6.45) is 3.76. The summed E-state index contributed by atoms with van der Waals surface area (Å²) in [5, 5.41) is 4.05. The monoisotopic (exact) mass is 346 g/mol. The minimum Gasteiger partial charge on any atom is -0.337 e. The van der Waals surface area contributed by atoms with E-state index in [1.165, 1.54) is 0 Å². The van der Waals surface area contributed by atoms with Crippen molar-refractivity contribution in [2.24, 2.45) is 11.7 Å². The lowest BCUT2D eigenvalue weighted by atomic mass is 9.77. The van der Waals surface area contributed by atoms with Crippen molar-refractivity contribution in [3.05, 3.63) is 11.7 Å². The molecule has 1 aliphatic carbocycles. The van der Waals surface area contributed by atoms with Crippen LogP contribution in [0.2, 0.25) is 0 Å². The van der Waals surface area contributed by atoms with Gasteiger partial charge in [-0.1, -0.05) is 19.0 Å². The molecule has 0 radical (unpaired) electrons. The highest BCUT2D eigenvalue weighted by Crippen LogP contribution is 2.39. The lowest BCUT2D eigenvalue weighted by molar-refractivity contribution is -0.136. The highest BCUT2D eigenvalue weighted by Gasteiger charge is 2.41. The van der Waals surface area contributed by atoms with Crippen molar-refractivity contribution in [2.75, 3.05) is 11.6 Å². The van der Waals surface area contributed by atoms with Crippen LogP contribution < -0.4 is 5.73 Å². The van der Waals surface area contributed by atoms with Crippen molar-refractivity contribution in [1.82, 2.24) is 15.0 Å². The first kappa shape index (κ1) is 17.6. The molecule has 124 valence electrons. The predicted octanol–water partition coefficient (Wildman–Crippen LogP) is 2.45. The van der Waals surface area contributed by atoms with Crippen LogP contribution in [-0.2, 0) is 10.3 Å². The van der Waals surface area contributed by atoms with E-state index in [-0.39, 0.29) is 30.3 Å². The van der Waals surface area contributed by atoms with E-state index in [1.807, 2.05) is 18.7 Å². The molecule has 2 aliphatic rings. The Kier molecular flexibility index (Phi) is 5.40. The third kappa shape index (κ3) is 2.98. The standard InChI is InChI=1S/C14H22N4O2S.ClH/c1-3-9(2)12(19)18-8-21-7-10(18)11-16-13(17-20-11)14(15)5-4-6-14;/h9-10H,3-8,15H2,1-2H3;1H. The van der Waals surface area contributed by atoms with Crippen LogP contribution in [-0.4, -0.2) is 32.6 Å². The molecule has 6 nitrogen and oxygen atoms in total. The Morgan fingerprint density at radius 3 is 2.91 bits per heavy atom. The van der Waals surface area contributed by atoms with E-state index in [0.29, 0.717) is 17.6 Å². The third-order valence-corrected chi connectivity index (χ3v) is 5.63. The van der Waals surface area contributed by atoms with E-state index in [9.17, 15) is 4.79 Å². The molecule has 1 aromatic heterocycles. The number of hydrogen-bond donors (Lipinski definition) is 1. The minimum atomic E-state index is -0.418. The Morgan fingerprint density at radius 1 is 1.59 bits per heavy atom. The molecule has 1 saturated carbocycles. The van der Waals surface area contributed by atoms with E-state index in [4.69, 9.17) is 10.3 Å². The SMILES string of the molecule is CCC(C)C(=O)N1CSCC1c1nc(C2(N)CCC2)no1.Cl. The van der Waals surface area contributed by atoms with Crippen LogP contribution in [0.25, 0.3) is 0 Å². The Balaban J connectivity index is 0.00000176. The van der Waals surface area contributed by atoms with Gasteiger partial charge in [0.15, 0.2) is 5.82 Å². The third-order valence-electron chi connectivity index (χ3n) is 4.62. The number of halogens is 1. The summed E-state index contributed by atoms with van der Waals surface area (Å²) in [5.41, 5.74) is 5.81. The summed E-state index contributed by atoms with van der Waals surface area (Å²) < 4.78 is 5.42. The fourth-order valence-electron chi connectivity index (χ4n) is 2.68. The van der Waals surface area contributed by atoms with Crippen LogP contribution in [0.1, 0.15) is 57.3 Å². The Bertz CT molecular complexity index is 535. The van der Waals surface area contributed by atoms with E-state index >= 15 is 0 Å². The maximum Gasteiger partial charge on any atom is 0.250 e. The maximum absolute atomic E-state index is 12.4. The molecule has 1 aromatic rings. The minimum absolute atomic E-state index is 0. The molecule has 0 bridgehead atoms. The molecule has 3 rings (SSSR count). The zero-order chi connectivity index (χ0) is 15.0. The number of hydrogen-bond acceptors (Lipinski definition) is 6. The summed E-state index contributed by atoms with van der Waals surface area (Å²) in [5.74, 6) is 2.82. The molecule has 2 unspecified atom stereocenters. The topological polar surface area (TPSA) is 85.2 Å². The van der Waals surface area contributed by atoms with Crippen LogP contribution >= 0.6 is 24.2 Å². The van der Waals surface area contributed by atoms with Crippen LogP contribution in [0.15, 0.2) is 4.52 Å². The lowest BCUT2D eigenvalue weighted by Crippen LogP contribution is -2.44. The molecule has 1 amide bonds. The number of carbonyl (C=O) groups excluding carboxylic acids is 1. The number of nitrogens with two attached hydrogens (primary N) is 1. The van der Waals surface area contributed by atoms with Crippen molar-refractivity contribution in [2.45, 2.75) is 51.1 Å². The second-order valence-corrected chi connectivity index (χ2v) is 7.10. The average Bonchev–Trinajstić information content (AvgIpc) is 3.11. The summed E-state index contributed by atoms with van der Waals surface area (Å²) in [6, 6.07) is -0.110. The van der Waals surface area contributed by atoms with Crippen molar-refractivity contribution in [1.29, 1.82) is 0 Å². The van der Waals surface area contributed by atoms with E-state index in [1.54, 1.807) is 11.8 Å². The predicted molar refractivity (Wildman–Crippen MR) is 87.6 cm³/mol. The first-order valence-corrected chi connectivity index (χ1v) is 8.72. The fourth-order valence-corrected chi connectivity index (χ4v) is 3.83. The van der Waals surface area contributed by atoms with Crippen molar-refractivity contribution < 1.29 is 9.32 Å². The zero-order valence-electron chi connectivity index (χ0n) is 12.9. The Morgan fingerprint density at radius 2 is 2.32 bits per heavy atom. The van der Waals surface area contributed by atoms with Gasteiger partial charge in [0, 0.05) is 11.7 Å². The molecule has 2 heterocycles. The molecule has 1 aliphatic heterocycles. The van der Waals surface area contributed by atoms with Gasteiger partial charge in [-0.05, 0) is 25.7 Å². The molecule has 0 spiro atoms. The van der Waals surface area contributed by atoms with Crippen LogP contribution in [0.4, 0.5) is 0 Å². The molecule has 22 heavy (non-hydrogen) atoms. The van der Waals surface area contributed by atoms with E-state index < -0.39 is 5.54 Å². The number of nitrogens with zero attached hydrogens (tertiary/aromatic N) is 3. The van der Waals surface area contributed by atoms with Gasteiger partial charge in [-0.3, -0.25) is 4.79 Å². The highest BCUT2D eigenvalue weighted by atomic mass is 35.5. The number of aromatic nitrogens is 2. The van der Waals surface area contributed by atoms with Crippen LogP contribution in [0, 0.1) is 5.92 Å². The van der Waals surface area contributed by atoms with Gasteiger partial charge in [0.1, 0.15) is 6.04 Å². The Hall–Kier alpha value is -0.790. The molecular formula is C14H23ClN4O2S. The second-order valence-electron chi connectivity index (χ2n) is 6.10. The quantitative estimate of drug-likeness (QED) is 0.901. The molecular weight excluding hydrogens is 324 g/mol. The molecule has 0 aromatic carbocycles. The van der Waals surface area contributed by atoms with Gasteiger partial charge >= 0.3 is 0 Å². The van der Waals surface area contributed by atoms with Gasteiger partial charge in [-0.15, -0.1) is 24.2 Å². The summed E-state index contributed by atoms with van der Waals surface area (Å²) in [4.78, 5) is 18.8. The van der Waals surface area contributed by atoms with Gasteiger partial charge in [0.25, 0.3) is 0 Å². The second kappa shape index (κ2) is 6.76. The number of amides is 1. The zero-order valence-corrected chi connectivity index (χ0v) is 14.6. The van der Waals surface area contributed by atoms with Crippen molar-refractivity contribution in [3.8, 4) is 0 Å². The van der Waals surface area contributed by atoms with Crippen LogP contribution in [0.5, 0.6) is 0 Å². The van der Waals surface area contributed by atoms with Gasteiger partial charge in [0.05, 0.1) is 11.4 Å². The molecule has 2 fully saturated rings. The van der Waals surface area contributed by atoms with Gasteiger partial charge in [0.2, 0.25) is 11.8 Å². The smallest absolute Gasteiger partial charge is 0.250 e. The first-order chi connectivity index (χ1) is 10.0. The summed E-state index contributed by atoms with van der Waals surface area (Å²) in [7, 11) is 0. The van der Waals surface area contributed by atoms with Crippen molar-refractivity contribution >= 4 is 30.1 Å². The van der Waals surface area contributed by atoms with E-state index in [0.717, 1.165) is 31.4 Å². The lowest BCUT2D eigenvalue weighted by Gasteiger charge is -2.34. The number of rotatable bonds is 4. The molecule has 8 heteroatoms. The van der Waals surface area contributed by atoms with E-state index in [2.05, 4.69) is 10.1 Å². The van der Waals surface area contributed by atoms with Gasteiger partial charge in [-0.25, -0.2) is 0 Å². The van der Waals surface area contributed by atoms with Gasteiger partial charge < -0.3 is 15.2 Å². The first-order valence-electron chi connectivity index (χ1n) is 7.56. The largest absolute Gasteiger partial charge is 0.337 e. The normalized spacial score (nSPS) is 24.5. The van der Waals surface area contributed by atoms with Gasteiger partial charge in [-0.2, -0.15) is 4.98 Å². The fraction of sp³-hybridized carbons (Fsp3) is 0.786. The number of carbonyl (C=O) groups is 1. The highest BCUT2D eigenvalue weighted by molar-refractivity contribution is 7.99. The number of thioether (sulfide) groups is 1. The van der Waals surface area contributed by atoms with Crippen LogP contribution in [0.3, 0.4) is 0 Å². The van der Waals surface area contributed by atoms with Crippen molar-refractivity contribution in [3.63, 3.8) is 0 Å². The molecule has 2 atom stereocenters. The Labute approximate surface area is 141 Å². The summed E-state index contributed by atoms with van der Waals surface area (Å²) in [6.45, 7) is 3.99. The average molecular weight is 347 g/mol. The molecule has 2 N–H and O–H groups in total. The maximum atomic E-state index is 12.4.